The number of Topliss-reactive ketones (excluding diaryl/α,β-unsaturated/α-hetero) is 1. The maximum Gasteiger partial charge on any atom is 0.129 e. The Bertz CT molecular complexity index is 61.9. The summed E-state index contributed by atoms with van der Waals surface area (Å²) in [7, 11) is 0. The van der Waals surface area contributed by atoms with Crippen LogP contribution in [0.5, 0.6) is 0 Å². The topological polar surface area (TPSA) is 17.1 Å². The second kappa shape index (κ2) is 11.0. The first-order valence-corrected chi connectivity index (χ1v) is 4.73. The number of hydrogen-bond donors (Lipinski definition) is 0. The van der Waals surface area contributed by atoms with Gasteiger partial charge >= 0.3 is 0 Å². The summed E-state index contributed by atoms with van der Waals surface area (Å²) >= 11 is 2.94. The van der Waals surface area contributed by atoms with Crippen LogP contribution in [0.15, 0.2) is 0 Å². The molecule has 0 aliphatic carbocycles. The van der Waals surface area contributed by atoms with Crippen LogP contribution in [0.25, 0.3) is 0 Å². The van der Waals surface area contributed by atoms with E-state index >= 15 is 0 Å². The average Bonchev–Trinajstić information content (AvgIpc) is 1.88. The number of halogens is 1. The molecule has 0 atom stereocenters. The van der Waals surface area contributed by atoms with Crippen LogP contribution in [-0.4, -0.2) is 11.6 Å². The molecule has 0 N–H and O–H groups in total. The summed E-state index contributed by atoms with van der Waals surface area (Å²) < 4.78 is 0. The van der Waals surface area contributed by atoms with Gasteiger partial charge in [-0.15, -0.1) is 0 Å². The van der Waals surface area contributed by atoms with Gasteiger partial charge in [-0.05, 0) is 19.2 Å². The molecule has 0 aliphatic heterocycles. The normalized spacial score (nSPS) is 7.56. The standard InChI is InChI=1S/C6H12O.CH3Br/c1-3-4-5-6(2)7;1-2/h3-5H2,1-2H3;1H3. The molecule has 9 heavy (non-hydrogen) atoms. The fourth-order valence-corrected chi connectivity index (χ4v) is 0.426. The maximum absolute atomic E-state index is 10.2. The van der Waals surface area contributed by atoms with E-state index in [9.17, 15) is 4.79 Å². The smallest absolute Gasteiger partial charge is 0.129 e. The highest BCUT2D eigenvalue weighted by atomic mass is 79.9. The van der Waals surface area contributed by atoms with Gasteiger partial charge in [0.2, 0.25) is 0 Å². The van der Waals surface area contributed by atoms with Gasteiger partial charge in [-0.3, -0.25) is 0 Å². The monoisotopic (exact) mass is 194 g/mol. The van der Waals surface area contributed by atoms with Gasteiger partial charge in [-0.2, -0.15) is 0 Å². The molecule has 56 valence electrons. The van der Waals surface area contributed by atoms with Crippen LogP contribution in [-0.2, 0) is 4.79 Å². The largest absolute Gasteiger partial charge is 0.300 e. The zero-order valence-corrected chi connectivity index (χ0v) is 7.99. The molecule has 0 aromatic rings. The Labute approximate surface area is 66.0 Å². The molecule has 0 radical (unpaired) electrons. The molecular formula is C7H15BrO. The van der Waals surface area contributed by atoms with Gasteiger partial charge in [0.1, 0.15) is 5.78 Å². The molecule has 0 amide bonds. The molecule has 0 rings (SSSR count). The first kappa shape index (κ1) is 11.9. The van der Waals surface area contributed by atoms with Crippen molar-refractivity contribution in [2.45, 2.75) is 33.1 Å². The Hall–Kier alpha value is 0.150. The van der Waals surface area contributed by atoms with E-state index in [-0.39, 0.29) is 0 Å². The molecular weight excluding hydrogens is 180 g/mol. The molecule has 0 heterocycles. The predicted octanol–water partition coefficient (Wildman–Crippen LogP) is 2.78. The highest BCUT2D eigenvalue weighted by Gasteiger charge is 1.87. The highest BCUT2D eigenvalue weighted by Crippen LogP contribution is 1.92. The number of carbonyl (C=O) groups excluding carboxylic acids is 1. The number of rotatable bonds is 3. The summed E-state index contributed by atoms with van der Waals surface area (Å²) in [5.74, 6) is 2.12. The van der Waals surface area contributed by atoms with E-state index < -0.39 is 0 Å². The molecule has 1 nitrogen and oxygen atoms in total. The third-order valence-corrected chi connectivity index (χ3v) is 0.882. The molecule has 2 heteroatoms. The van der Waals surface area contributed by atoms with Crippen LogP contribution in [0, 0.1) is 0 Å². The molecule has 0 unspecified atom stereocenters. The Morgan fingerprint density at radius 3 is 2.00 bits per heavy atom. The van der Waals surface area contributed by atoms with Crippen molar-refractivity contribution in [3.8, 4) is 0 Å². The van der Waals surface area contributed by atoms with Crippen molar-refractivity contribution in [1.82, 2.24) is 0 Å². The van der Waals surface area contributed by atoms with Crippen LogP contribution in [0.2, 0.25) is 0 Å². The summed E-state index contributed by atoms with van der Waals surface area (Å²) in [6, 6.07) is 0. The molecule has 0 fully saturated rings. The number of unbranched alkanes of at least 4 members (excludes halogenated alkanes) is 1. The predicted molar refractivity (Wildman–Crippen MR) is 45.1 cm³/mol. The molecule has 0 saturated heterocycles. The molecule has 0 spiro atoms. The molecule has 0 aromatic carbocycles. The van der Waals surface area contributed by atoms with Crippen molar-refractivity contribution in [2.75, 3.05) is 5.83 Å². The first-order chi connectivity index (χ1) is 4.27. The Balaban J connectivity index is 0. The van der Waals surface area contributed by atoms with Crippen molar-refractivity contribution in [3.05, 3.63) is 0 Å². The fraction of sp³-hybridized carbons (Fsp3) is 0.857. The van der Waals surface area contributed by atoms with Crippen molar-refractivity contribution < 1.29 is 4.79 Å². The van der Waals surface area contributed by atoms with Crippen LogP contribution in [0.3, 0.4) is 0 Å². The fourth-order valence-electron chi connectivity index (χ4n) is 0.426. The average molecular weight is 195 g/mol. The second-order valence-electron chi connectivity index (χ2n) is 1.81. The van der Waals surface area contributed by atoms with E-state index in [2.05, 4.69) is 22.9 Å². The van der Waals surface area contributed by atoms with E-state index in [1.165, 1.54) is 0 Å². The summed E-state index contributed by atoms with van der Waals surface area (Å²) in [6.07, 6.45) is 2.94. The van der Waals surface area contributed by atoms with E-state index in [0.29, 0.717) is 5.78 Å². The third-order valence-electron chi connectivity index (χ3n) is 0.882. The highest BCUT2D eigenvalue weighted by molar-refractivity contribution is 9.08. The quantitative estimate of drug-likeness (QED) is 0.633. The van der Waals surface area contributed by atoms with Crippen LogP contribution in [0.1, 0.15) is 33.1 Å². The third kappa shape index (κ3) is 17.9. The van der Waals surface area contributed by atoms with Crippen LogP contribution >= 0.6 is 15.9 Å². The number of carbonyl (C=O) groups is 1. The minimum Gasteiger partial charge on any atom is -0.300 e. The van der Waals surface area contributed by atoms with E-state index in [4.69, 9.17) is 0 Å². The van der Waals surface area contributed by atoms with Gasteiger partial charge in [0.05, 0.1) is 0 Å². The van der Waals surface area contributed by atoms with Crippen LogP contribution in [0.4, 0.5) is 0 Å². The van der Waals surface area contributed by atoms with Gasteiger partial charge in [0.15, 0.2) is 0 Å². The van der Waals surface area contributed by atoms with E-state index in [1.54, 1.807) is 6.92 Å². The minimum absolute atomic E-state index is 0.307. The Morgan fingerprint density at radius 2 is 1.89 bits per heavy atom. The minimum atomic E-state index is 0.307. The van der Waals surface area contributed by atoms with E-state index in [1.807, 2.05) is 5.83 Å². The van der Waals surface area contributed by atoms with Gasteiger partial charge in [0.25, 0.3) is 0 Å². The first-order valence-electron chi connectivity index (χ1n) is 3.14. The van der Waals surface area contributed by atoms with Gasteiger partial charge in [-0.1, -0.05) is 29.3 Å². The summed E-state index contributed by atoms with van der Waals surface area (Å²) in [4.78, 5) is 10.2. The van der Waals surface area contributed by atoms with Crippen molar-refractivity contribution >= 4 is 21.7 Å². The Morgan fingerprint density at radius 1 is 1.44 bits per heavy atom. The zero-order chi connectivity index (χ0) is 7.70. The Kier molecular flexibility index (Phi) is 14.6. The molecule has 0 saturated carbocycles. The van der Waals surface area contributed by atoms with Gasteiger partial charge in [0, 0.05) is 6.42 Å². The number of alkyl halides is 1. The molecule has 0 aromatic heterocycles. The lowest BCUT2D eigenvalue weighted by molar-refractivity contribution is -0.117. The van der Waals surface area contributed by atoms with Crippen molar-refractivity contribution in [3.63, 3.8) is 0 Å². The van der Waals surface area contributed by atoms with Gasteiger partial charge < -0.3 is 4.79 Å². The lowest BCUT2D eigenvalue weighted by Gasteiger charge is -1.86. The maximum atomic E-state index is 10.2. The lowest BCUT2D eigenvalue weighted by Crippen LogP contribution is -1.86. The van der Waals surface area contributed by atoms with Gasteiger partial charge in [-0.25, -0.2) is 0 Å². The lowest BCUT2D eigenvalue weighted by atomic mass is 10.2. The summed E-state index contributed by atoms with van der Waals surface area (Å²) in [5, 5.41) is 0. The van der Waals surface area contributed by atoms with Crippen molar-refractivity contribution in [2.24, 2.45) is 0 Å². The number of ketones is 1. The zero-order valence-electron chi connectivity index (χ0n) is 6.41. The molecule has 0 aliphatic rings. The van der Waals surface area contributed by atoms with Crippen molar-refractivity contribution in [1.29, 1.82) is 0 Å². The number of hydrogen-bond acceptors (Lipinski definition) is 1. The summed E-state index contributed by atoms with van der Waals surface area (Å²) in [6.45, 7) is 3.72. The van der Waals surface area contributed by atoms with Crippen LogP contribution < -0.4 is 0 Å². The molecule has 0 bridgehead atoms. The summed E-state index contributed by atoms with van der Waals surface area (Å²) in [5.41, 5.74) is 0. The van der Waals surface area contributed by atoms with E-state index in [0.717, 1.165) is 19.3 Å². The SMILES string of the molecule is CBr.CCCCC(C)=O. The second-order valence-corrected chi connectivity index (χ2v) is 1.81.